The third-order valence-corrected chi connectivity index (χ3v) is 3.58. The maximum absolute atomic E-state index is 10.5. The molecule has 0 aliphatic carbocycles. The number of carbonyl (C=O) groups is 1. The second-order valence-corrected chi connectivity index (χ2v) is 5.01. The van der Waals surface area contributed by atoms with Crippen LogP contribution < -0.4 is 4.74 Å². The minimum atomic E-state index is 0.638. The van der Waals surface area contributed by atoms with E-state index in [1.165, 1.54) is 10.5 Å². The van der Waals surface area contributed by atoms with Crippen molar-refractivity contribution < 1.29 is 9.53 Å². The first-order valence-corrected chi connectivity index (χ1v) is 7.35. The molecular weight excluding hydrogens is 256 g/mol. The minimum Gasteiger partial charge on any atom is -0.493 e. The SMILES string of the molecule is CSc1ccc(CCOc2ccc(C=O)cc2)cc1. The second kappa shape index (κ2) is 7.00. The molecule has 2 rings (SSSR count). The molecule has 98 valence electrons. The molecule has 0 heterocycles. The number of aldehydes is 1. The van der Waals surface area contributed by atoms with Crippen LogP contribution in [0.1, 0.15) is 15.9 Å². The van der Waals surface area contributed by atoms with Crippen LogP contribution >= 0.6 is 11.8 Å². The lowest BCUT2D eigenvalue weighted by atomic mass is 10.2. The molecule has 2 aromatic rings. The topological polar surface area (TPSA) is 26.3 Å². The Morgan fingerprint density at radius 1 is 1.05 bits per heavy atom. The molecule has 19 heavy (non-hydrogen) atoms. The van der Waals surface area contributed by atoms with Gasteiger partial charge in [-0.25, -0.2) is 0 Å². The lowest BCUT2D eigenvalue weighted by Crippen LogP contribution is -2.01. The van der Waals surface area contributed by atoms with Gasteiger partial charge in [0.1, 0.15) is 12.0 Å². The summed E-state index contributed by atoms with van der Waals surface area (Å²) in [6.07, 6.45) is 3.78. The van der Waals surface area contributed by atoms with Crippen molar-refractivity contribution in [1.29, 1.82) is 0 Å². The zero-order valence-corrected chi connectivity index (χ0v) is 11.7. The average Bonchev–Trinajstić information content (AvgIpc) is 2.49. The van der Waals surface area contributed by atoms with Crippen molar-refractivity contribution in [3.63, 3.8) is 0 Å². The monoisotopic (exact) mass is 272 g/mol. The Kier molecular flexibility index (Phi) is 5.04. The largest absolute Gasteiger partial charge is 0.493 e. The molecule has 0 amide bonds. The van der Waals surface area contributed by atoms with Crippen molar-refractivity contribution >= 4 is 18.0 Å². The standard InChI is InChI=1S/C16H16O2S/c1-19-16-8-4-13(5-9-16)10-11-18-15-6-2-14(12-17)3-7-15/h2-9,12H,10-11H2,1H3. The first-order valence-electron chi connectivity index (χ1n) is 6.13. The van der Waals surface area contributed by atoms with Crippen LogP contribution in [0.15, 0.2) is 53.4 Å². The summed E-state index contributed by atoms with van der Waals surface area (Å²) in [6.45, 7) is 0.638. The van der Waals surface area contributed by atoms with Gasteiger partial charge in [0.2, 0.25) is 0 Å². The van der Waals surface area contributed by atoms with Crippen molar-refractivity contribution in [2.75, 3.05) is 12.9 Å². The van der Waals surface area contributed by atoms with Gasteiger partial charge in [-0.3, -0.25) is 4.79 Å². The van der Waals surface area contributed by atoms with Crippen LogP contribution in [0, 0.1) is 0 Å². The lowest BCUT2D eigenvalue weighted by molar-refractivity contribution is 0.112. The molecule has 0 radical (unpaired) electrons. The summed E-state index contributed by atoms with van der Waals surface area (Å²) in [5.41, 5.74) is 1.93. The summed E-state index contributed by atoms with van der Waals surface area (Å²) in [6, 6.07) is 15.7. The highest BCUT2D eigenvalue weighted by molar-refractivity contribution is 7.98. The quantitative estimate of drug-likeness (QED) is 0.590. The van der Waals surface area contributed by atoms with Gasteiger partial charge in [0.05, 0.1) is 6.61 Å². The van der Waals surface area contributed by atoms with Crippen LogP contribution in [0.2, 0.25) is 0 Å². The van der Waals surface area contributed by atoms with E-state index in [2.05, 4.69) is 30.5 Å². The second-order valence-electron chi connectivity index (χ2n) is 4.13. The molecule has 0 N–H and O–H groups in total. The Hall–Kier alpha value is -1.74. The van der Waals surface area contributed by atoms with Gasteiger partial charge in [-0.2, -0.15) is 0 Å². The molecule has 0 aliphatic heterocycles. The molecule has 0 spiro atoms. The Bertz CT molecular complexity index is 517. The molecule has 0 atom stereocenters. The fourth-order valence-corrected chi connectivity index (χ4v) is 2.13. The Morgan fingerprint density at radius 3 is 2.32 bits per heavy atom. The maximum Gasteiger partial charge on any atom is 0.150 e. The molecule has 0 aliphatic rings. The molecule has 0 bridgehead atoms. The normalized spacial score (nSPS) is 10.2. The van der Waals surface area contributed by atoms with E-state index < -0.39 is 0 Å². The van der Waals surface area contributed by atoms with Crippen molar-refractivity contribution in [3.05, 3.63) is 59.7 Å². The van der Waals surface area contributed by atoms with E-state index in [9.17, 15) is 4.79 Å². The zero-order chi connectivity index (χ0) is 13.5. The van der Waals surface area contributed by atoms with Gasteiger partial charge in [-0.05, 0) is 48.2 Å². The van der Waals surface area contributed by atoms with Crippen LogP contribution in [0.4, 0.5) is 0 Å². The van der Waals surface area contributed by atoms with E-state index in [1.54, 1.807) is 23.9 Å². The number of benzene rings is 2. The van der Waals surface area contributed by atoms with E-state index in [0.29, 0.717) is 12.2 Å². The highest BCUT2D eigenvalue weighted by Crippen LogP contribution is 2.16. The number of hydrogen-bond donors (Lipinski definition) is 0. The minimum absolute atomic E-state index is 0.638. The van der Waals surface area contributed by atoms with E-state index in [0.717, 1.165) is 18.5 Å². The third-order valence-electron chi connectivity index (χ3n) is 2.83. The first-order chi connectivity index (χ1) is 9.31. The van der Waals surface area contributed by atoms with E-state index >= 15 is 0 Å². The van der Waals surface area contributed by atoms with E-state index in [4.69, 9.17) is 4.74 Å². The van der Waals surface area contributed by atoms with Crippen LogP contribution in [-0.4, -0.2) is 19.1 Å². The van der Waals surface area contributed by atoms with Gasteiger partial charge >= 0.3 is 0 Å². The van der Waals surface area contributed by atoms with Gasteiger partial charge in [0, 0.05) is 16.9 Å². The maximum atomic E-state index is 10.5. The predicted molar refractivity (Wildman–Crippen MR) is 79.3 cm³/mol. The third kappa shape index (κ3) is 4.14. The van der Waals surface area contributed by atoms with Gasteiger partial charge < -0.3 is 4.74 Å². The summed E-state index contributed by atoms with van der Waals surface area (Å²) in [7, 11) is 0. The highest BCUT2D eigenvalue weighted by atomic mass is 32.2. The summed E-state index contributed by atoms with van der Waals surface area (Å²) in [4.78, 5) is 11.8. The van der Waals surface area contributed by atoms with Crippen LogP contribution in [0.25, 0.3) is 0 Å². The molecule has 2 aromatic carbocycles. The number of hydrogen-bond acceptors (Lipinski definition) is 3. The summed E-state index contributed by atoms with van der Waals surface area (Å²) >= 11 is 1.74. The first kappa shape index (κ1) is 13.7. The number of carbonyl (C=O) groups excluding carboxylic acids is 1. The van der Waals surface area contributed by atoms with E-state index in [1.807, 2.05) is 12.1 Å². The molecule has 0 saturated carbocycles. The number of rotatable bonds is 6. The van der Waals surface area contributed by atoms with Gasteiger partial charge in [0.25, 0.3) is 0 Å². The molecule has 0 aromatic heterocycles. The van der Waals surface area contributed by atoms with Crippen molar-refractivity contribution in [3.8, 4) is 5.75 Å². The van der Waals surface area contributed by atoms with Crippen molar-refractivity contribution in [1.82, 2.24) is 0 Å². The predicted octanol–water partition coefficient (Wildman–Crippen LogP) is 3.84. The van der Waals surface area contributed by atoms with Gasteiger partial charge in [0.15, 0.2) is 0 Å². The highest BCUT2D eigenvalue weighted by Gasteiger charge is 1.97. The smallest absolute Gasteiger partial charge is 0.150 e. The molecule has 0 saturated heterocycles. The fourth-order valence-electron chi connectivity index (χ4n) is 1.72. The number of thioether (sulfide) groups is 1. The number of ether oxygens (including phenoxy) is 1. The van der Waals surface area contributed by atoms with Gasteiger partial charge in [-0.15, -0.1) is 11.8 Å². The molecule has 3 heteroatoms. The Balaban J connectivity index is 1.83. The lowest BCUT2D eigenvalue weighted by Gasteiger charge is -2.06. The van der Waals surface area contributed by atoms with Crippen LogP contribution in [0.5, 0.6) is 5.75 Å². The summed E-state index contributed by atoms with van der Waals surface area (Å²) in [5, 5.41) is 0. The van der Waals surface area contributed by atoms with Crippen LogP contribution in [-0.2, 0) is 6.42 Å². The van der Waals surface area contributed by atoms with Crippen LogP contribution in [0.3, 0.4) is 0 Å². The zero-order valence-electron chi connectivity index (χ0n) is 10.8. The molecule has 0 unspecified atom stereocenters. The molecule has 2 nitrogen and oxygen atoms in total. The fraction of sp³-hybridized carbons (Fsp3) is 0.188. The molecular formula is C16H16O2S. The molecule has 0 fully saturated rings. The summed E-state index contributed by atoms with van der Waals surface area (Å²) < 4.78 is 5.64. The van der Waals surface area contributed by atoms with Gasteiger partial charge in [-0.1, -0.05) is 12.1 Å². The average molecular weight is 272 g/mol. The Morgan fingerprint density at radius 2 is 1.74 bits per heavy atom. The van der Waals surface area contributed by atoms with E-state index in [-0.39, 0.29) is 0 Å². The van der Waals surface area contributed by atoms with Crippen molar-refractivity contribution in [2.24, 2.45) is 0 Å². The van der Waals surface area contributed by atoms with Crippen molar-refractivity contribution in [2.45, 2.75) is 11.3 Å². The Labute approximate surface area is 117 Å². The summed E-state index contributed by atoms with van der Waals surface area (Å²) in [5.74, 6) is 0.798.